The molecule has 1 saturated heterocycles. The van der Waals surface area contributed by atoms with Gasteiger partial charge >= 0.3 is 0 Å². The monoisotopic (exact) mass is 350 g/mol. The van der Waals surface area contributed by atoms with Gasteiger partial charge in [-0.05, 0) is 43.5 Å². The maximum Gasteiger partial charge on any atom is 0.225 e. The Labute approximate surface area is 152 Å². The summed E-state index contributed by atoms with van der Waals surface area (Å²) in [5, 5.41) is 3.03. The average molecular weight is 351 g/mol. The molecule has 1 aromatic carbocycles. The first-order valence-corrected chi connectivity index (χ1v) is 9.01. The van der Waals surface area contributed by atoms with Gasteiger partial charge in [-0.1, -0.05) is 25.0 Å². The van der Waals surface area contributed by atoms with Gasteiger partial charge in [-0.25, -0.2) is 0 Å². The summed E-state index contributed by atoms with van der Waals surface area (Å²) in [5.74, 6) is 0.856. The molecule has 3 rings (SSSR count). The van der Waals surface area contributed by atoms with Crippen LogP contribution in [0.2, 0.25) is 0 Å². The Morgan fingerprint density at radius 1 is 1.08 bits per heavy atom. The van der Waals surface area contributed by atoms with E-state index in [2.05, 4.69) is 46.4 Å². The largest absolute Gasteiger partial charge is 1.00 e. The number of anilines is 1. The molecule has 0 bridgehead atoms. The third kappa shape index (κ3) is 5.47. The number of halogens is 1. The van der Waals surface area contributed by atoms with Crippen LogP contribution in [0, 0.1) is 0 Å². The predicted molar refractivity (Wildman–Crippen MR) is 94.8 cm³/mol. The summed E-state index contributed by atoms with van der Waals surface area (Å²) in [6, 6.07) is 8.49. The second kappa shape index (κ2) is 9.40. The van der Waals surface area contributed by atoms with Crippen LogP contribution in [0.1, 0.15) is 43.6 Å². The van der Waals surface area contributed by atoms with Gasteiger partial charge in [0.05, 0.1) is 0 Å². The second-order valence-corrected chi connectivity index (χ2v) is 7.05. The van der Waals surface area contributed by atoms with Crippen LogP contribution in [0.4, 0.5) is 5.69 Å². The van der Waals surface area contributed by atoms with Crippen molar-refractivity contribution in [2.24, 2.45) is 0 Å². The number of carbonyl (C=O) groups is 1. The molecular formula is C19H29ClN3O-. The molecular weight excluding hydrogens is 322 g/mol. The molecule has 0 atom stereocenters. The highest BCUT2D eigenvalue weighted by atomic mass is 35.5. The van der Waals surface area contributed by atoms with Crippen LogP contribution in [0.15, 0.2) is 24.3 Å². The van der Waals surface area contributed by atoms with E-state index in [1.807, 2.05) is 0 Å². The molecule has 1 heterocycles. The van der Waals surface area contributed by atoms with Crippen molar-refractivity contribution >= 4 is 11.6 Å². The number of hydrogen-bond donors (Lipinski definition) is 1. The van der Waals surface area contributed by atoms with E-state index >= 15 is 0 Å². The van der Waals surface area contributed by atoms with Crippen LogP contribution >= 0.6 is 0 Å². The van der Waals surface area contributed by atoms with Crippen LogP contribution in [-0.2, 0) is 4.79 Å². The van der Waals surface area contributed by atoms with Crippen molar-refractivity contribution in [3.8, 4) is 0 Å². The Morgan fingerprint density at radius 2 is 1.71 bits per heavy atom. The Bertz CT molecular complexity index is 506. The topological polar surface area (TPSA) is 35.6 Å². The molecule has 0 aromatic heterocycles. The molecule has 24 heavy (non-hydrogen) atoms. The van der Waals surface area contributed by atoms with Crippen LogP contribution in [0.5, 0.6) is 0 Å². The molecule has 0 radical (unpaired) electrons. The van der Waals surface area contributed by atoms with E-state index in [1.165, 1.54) is 31.2 Å². The molecule has 0 spiro atoms. The fraction of sp³-hybridized carbons (Fsp3) is 0.632. The van der Waals surface area contributed by atoms with Crippen molar-refractivity contribution in [1.29, 1.82) is 0 Å². The molecule has 1 saturated carbocycles. The molecule has 4 nitrogen and oxygen atoms in total. The van der Waals surface area contributed by atoms with Crippen LogP contribution in [0.25, 0.3) is 0 Å². The molecule has 0 unspecified atom stereocenters. The summed E-state index contributed by atoms with van der Waals surface area (Å²) in [7, 11) is 2.15. The number of carbonyl (C=O) groups excluding carboxylic acids is 1. The smallest absolute Gasteiger partial charge is 0.225 e. The van der Waals surface area contributed by atoms with Gasteiger partial charge in [0.2, 0.25) is 5.91 Å². The summed E-state index contributed by atoms with van der Waals surface area (Å²) in [6.07, 6.45) is 5.92. The molecule has 1 aliphatic carbocycles. The molecule has 2 fully saturated rings. The quantitative estimate of drug-likeness (QED) is 0.807. The van der Waals surface area contributed by atoms with Crippen LogP contribution in [-0.4, -0.2) is 55.5 Å². The number of likely N-dealkylation sites (N-methyl/N-ethyl adjacent to an activating group) is 1. The first-order valence-electron chi connectivity index (χ1n) is 9.01. The lowest BCUT2D eigenvalue weighted by molar-refractivity contribution is -0.116. The van der Waals surface area contributed by atoms with Crippen molar-refractivity contribution < 1.29 is 17.2 Å². The summed E-state index contributed by atoms with van der Waals surface area (Å²) in [4.78, 5) is 16.8. The van der Waals surface area contributed by atoms with Gasteiger partial charge in [0.15, 0.2) is 0 Å². The normalized spacial score (nSPS) is 19.9. The lowest BCUT2D eigenvalue weighted by Crippen LogP contribution is -3.00. The Hall–Kier alpha value is -1.10. The third-order valence-corrected chi connectivity index (χ3v) is 5.27. The van der Waals surface area contributed by atoms with Gasteiger partial charge in [-0.2, -0.15) is 0 Å². The van der Waals surface area contributed by atoms with Crippen molar-refractivity contribution in [1.82, 2.24) is 9.80 Å². The average Bonchev–Trinajstić information content (AvgIpc) is 3.09. The van der Waals surface area contributed by atoms with E-state index in [0.29, 0.717) is 6.42 Å². The Morgan fingerprint density at radius 3 is 2.33 bits per heavy atom. The first-order chi connectivity index (χ1) is 11.2. The number of rotatable bonds is 5. The summed E-state index contributed by atoms with van der Waals surface area (Å²) in [6.45, 7) is 5.20. The van der Waals surface area contributed by atoms with E-state index < -0.39 is 0 Å². The van der Waals surface area contributed by atoms with E-state index in [1.54, 1.807) is 0 Å². The van der Waals surface area contributed by atoms with Crippen molar-refractivity contribution in [3.05, 3.63) is 29.8 Å². The molecule has 1 aromatic rings. The number of amides is 1. The highest BCUT2D eigenvalue weighted by molar-refractivity contribution is 5.90. The van der Waals surface area contributed by atoms with Crippen LogP contribution in [0.3, 0.4) is 0 Å². The highest BCUT2D eigenvalue weighted by Crippen LogP contribution is 2.34. The number of piperazine rings is 1. The van der Waals surface area contributed by atoms with E-state index in [0.717, 1.165) is 44.3 Å². The third-order valence-electron chi connectivity index (χ3n) is 5.27. The fourth-order valence-corrected chi connectivity index (χ4v) is 3.65. The minimum Gasteiger partial charge on any atom is -1.00 e. The van der Waals surface area contributed by atoms with Gasteiger partial charge < -0.3 is 27.5 Å². The zero-order valence-corrected chi connectivity index (χ0v) is 15.4. The number of benzene rings is 1. The number of hydrogen-bond acceptors (Lipinski definition) is 3. The van der Waals surface area contributed by atoms with Crippen molar-refractivity contribution in [3.63, 3.8) is 0 Å². The fourth-order valence-electron chi connectivity index (χ4n) is 3.65. The molecule has 1 amide bonds. The standard InChI is InChI=1S/C19H29N3O.ClH/c1-21-12-14-22(15-13-21)11-10-19(23)20-18-8-6-17(7-9-18)16-4-2-3-5-16;/h6-9,16H,2-5,10-15H2,1H3,(H,20,23);1H/p-1. The number of nitrogens with zero attached hydrogens (tertiary/aromatic N) is 2. The lowest BCUT2D eigenvalue weighted by atomic mass is 9.97. The molecule has 134 valence electrons. The van der Waals surface area contributed by atoms with Gasteiger partial charge in [-0.3, -0.25) is 4.79 Å². The lowest BCUT2D eigenvalue weighted by Gasteiger charge is -2.32. The highest BCUT2D eigenvalue weighted by Gasteiger charge is 2.17. The molecule has 2 aliphatic rings. The summed E-state index contributed by atoms with van der Waals surface area (Å²) >= 11 is 0. The Kier molecular flexibility index (Phi) is 7.53. The maximum absolute atomic E-state index is 12.1. The SMILES string of the molecule is CN1CCN(CCC(=O)Nc2ccc(C3CCCC3)cc2)CC1.[Cl-]. The van der Waals surface area contributed by atoms with Gasteiger partial charge in [0.1, 0.15) is 0 Å². The van der Waals surface area contributed by atoms with Crippen molar-refractivity contribution in [2.45, 2.75) is 38.0 Å². The predicted octanol–water partition coefficient (Wildman–Crippen LogP) is -0.0758. The Balaban J connectivity index is 0.00000208. The summed E-state index contributed by atoms with van der Waals surface area (Å²) in [5.41, 5.74) is 2.35. The van der Waals surface area contributed by atoms with Crippen LogP contribution < -0.4 is 17.7 Å². The van der Waals surface area contributed by atoms with Gasteiger partial charge in [0, 0.05) is 44.8 Å². The zero-order valence-electron chi connectivity index (χ0n) is 14.6. The number of nitrogens with one attached hydrogen (secondary N) is 1. The van der Waals surface area contributed by atoms with E-state index in [9.17, 15) is 4.79 Å². The van der Waals surface area contributed by atoms with Gasteiger partial charge in [0.25, 0.3) is 0 Å². The van der Waals surface area contributed by atoms with Crippen molar-refractivity contribution in [2.75, 3.05) is 45.1 Å². The molecule has 5 heteroatoms. The molecule has 1 aliphatic heterocycles. The summed E-state index contributed by atoms with van der Waals surface area (Å²) < 4.78 is 0. The minimum atomic E-state index is 0. The zero-order chi connectivity index (χ0) is 16.1. The van der Waals surface area contributed by atoms with E-state index in [-0.39, 0.29) is 18.3 Å². The second-order valence-electron chi connectivity index (χ2n) is 7.05. The van der Waals surface area contributed by atoms with Gasteiger partial charge in [-0.15, -0.1) is 0 Å². The van der Waals surface area contributed by atoms with E-state index in [4.69, 9.17) is 0 Å². The first kappa shape index (κ1) is 19.2. The maximum atomic E-state index is 12.1. The minimum absolute atomic E-state index is 0. The molecule has 1 N–H and O–H groups in total.